The van der Waals surface area contributed by atoms with Crippen LogP contribution in [0.4, 0.5) is 32.3 Å². The molecule has 2 aromatic rings. The number of hydrogen-bond donors (Lipinski definition) is 2. The van der Waals surface area contributed by atoms with Crippen molar-refractivity contribution >= 4 is 17.8 Å². The summed E-state index contributed by atoms with van der Waals surface area (Å²) in [4.78, 5) is 59.1. The van der Waals surface area contributed by atoms with Crippen molar-refractivity contribution in [3.8, 4) is 0 Å². The number of carbonyl (C=O) groups is 2. The number of carbonyl (C=O) groups excluding carboxylic acids is 2. The van der Waals surface area contributed by atoms with Crippen molar-refractivity contribution in [3.63, 3.8) is 0 Å². The van der Waals surface area contributed by atoms with Gasteiger partial charge in [-0.15, -0.1) is 0 Å². The molecule has 2 amide bonds. The second-order valence-corrected chi connectivity index (χ2v) is 7.34. The van der Waals surface area contributed by atoms with E-state index < -0.39 is 59.6 Å². The molecule has 1 saturated heterocycles. The molecule has 1 aliphatic heterocycles. The molecule has 0 saturated carbocycles. The number of amides is 2. The highest BCUT2D eigenvalue weighted by atomic mass is 19.4. The van der Waals surface area contributed by atoms with E-state index in [0.717, 1.165) is 0 Å². The second-order valence-electron chi connectivity index (χ2n) is 7.34. The average molecular weight is 509 g/mol. The van der Waals surface area contributed by atoms with E-state index in [1.807, 2.05) is 0 Å². The first-order valence-corrected chi connectivity index (χ1v) is 9.85. The van der Waals surface area contributed by atoms with Gasteiger partial charge in [-0.1, -0.05) is 0 Å². The van der Waals surface area contributed by atoms with Gasteiger partial charge in [-0.3, -0.25) is 23.9 Å². The molecule has 35 heavy (non-hydrogen) atoms. The lowest BCUT2D eigenvalue weighted by molar-refractivity contribution is -0.139. The highest BCUT2D eigenvalue weighted by molar-refractivity contribution is 5.84. The molecule has 0 atom stereocenters. The van der Waals surface area contributed by atoms with Crippen LogP contribution in [0.3, 0.4) is 0 Å². The molecular formula is C18H17F6N7O4. The van der Waals surface area contributed by atoms with Crippen LogP contribution in [-0.2, 0) is 28.5 Å². The molecule has 0 aliphatic carbocycles. The SMILES string of the molecule is O=C(Cn1cc(C(F)(F)F)c(=O)[nH]c1=O)NCC(=O)N1CCN(c2ncc(C(F)(F)F)cn2)CC1. The molecule has 1 fully saturated rings. The van der Waals surface area contributed by atoms with E-state index in [-0.39, 0.29) is 38.3 Å². The van der Waals surface area contributed by atoms with Crippen LogP contribution < -0.4 is 21.5 Å². The van der Waals surface area contributed by atoms with E-state index in [1.165, 1.54) is 9.88 Å². The number of hydrogen-bond acceptors (Lipinski definition) is 7. The Morgan fingerprint density at radius 3 is 2.11 bits per heavy atom. The third-order valence-electron chi connectivity index (χ3n) is 4.95. The number of aromatic nitrogens is 4. The lowest BCUT2D eigenvalue weighted by Crippen LogP contribution is -2.52. The highest BCUT2D eigenvalue weighted by Gasteiger charge is 2.35. The number of aromatic amines is 1. The number of anilines is 1. The molecule has 1 aliphatic rings. The molecule has 17 heteroatoms. The molecule has 11 nitrogen and oxygen atoms in total. The van der Waals surface area contributed by atoms with Crippen LogP contribution in [-0.4, -0.2) is 69.0 Å². The quantitative estimate of drug-likeness (QED) is 0.535. The first kappa shape index (κ1) is 25.7. The summed E-state index contributed by atoms with van der Waals surface area (Å²) in [6, 6.07) is 0. The topological polar surface area (TPSA) is 133 Å². The van der Waals surface area contributed by atoms with Crippen molar-refractivity contribution in [1.29, 1.82) is 0 Å². The minimum Gasteiger partial charge on any atom is -0.345 e. The monoisotopic (exact) mass is 509 g/mol. The van der Waals surface area contributed by atoms with E-state index in [0.29, 0.717) is 17.0 Å². The summed E-state index contributed by atoms with van der Waals surface area (Å²) < 4.78 is 76.6. The normalized spacial score (nSPS) is 14.7. The van der Waals surface area contributed by atoms with Crippen LogP contribution in [0.5, 0.6) is 0 Å². The molecule has 2 aromatic heterocycles. The summed E-state index contributed by atoms with van der Waals surface area (Å²) in [7, 11) is 0. The third-order valence-corrected chi connectivity index (χ3v) is 4.95. The molecule has 190 valence electrons. The Kier molecular flexibility index (Phi) is 7.16. The van der Waals surface area contributed by atoms with Gasteiger partial charge in [0.15, 0.2) is 0 Å². The number of nitrogens with zero attached hydrogens (tertiary/aromatic N) is 5. The van der Waals surface area contributed by atoms with Gasteiger partial charge < -0.3 is 15.1 Å². The van der Waals surface area contributed by atoms with Crippen LogP contribution in [0.25, 0.3) is 0 Å². The minimum atomic E-state index is -5.04. The predicted molar refractivity (Wildman–Crippen MR) is 105 cm³/mol. The Morgan fingerprint density at radius 2 is 1.57 bits per heavy atom. The van der Waals surface area contributed by atoms with E-state index in [9.17, 15) is 45.5 Å². The van der Waals surface area contributed by atoms with Crippen LogP contribution in [0.2, 0.25) is 0 Å². The molecule has 0 radical (unpaired) electrons. The molecule has 3 rings (SSSR count). The van der Waals surface area contributed by atoms with Crippen molar-refractivity contribution in [1.82, 2.24) is 29.7 Å². The largest absolute Gasteiger partial charge is 0.423 e. The average Bonchev–Trinajstić information content (AvgIpc) is 2.78. The van der Waals surface area contributed by atoms with Gasteiger partial charge in [-0.2, -0.15) is 26.3 Å². The number of alkyl halides is 6. The summed E-state index contributed by atoms with van der Waals surface area (Å²) in [6.07, 6.45) is -8.09. The fraction of sp³-hybridized carbons (Fsp3) is 0.444. The minimum absolute atomic E-state index is 0.0583. The van der Waals surface area contributed by atoms with Crippen LogP contribution >= 0.6 is 0 Å². The maximum Gasteiger partial charge on any atom is 0.423 e. The second kappa shape index (κ2) is 9.75. The van der Waals surface area contributed by atoms with Gasteiger partial charge in [0.2, 0.25) is 17.8 Å². The van der Waals surface area contributed by atoms with Gasteiger partial charge >= 0.3 is 18.0 Å². The van der Waals surface area contributed by atoms with Crippen LogP contribution in [0, 0.1) is 0 Å². The Bertz CT molecular complexity index is 1200. The van der Waals surface area contributed by atoms with Crippen molar-refractivity contribution in [2.45, 2.75) is 18.9 Å². The van der Waals surface area contributed by atoms with Crippen molar-refractivity contribution < 1.29 is 35.9 Å². The lowest BCUT2D eigenvalue weighted by Gasteiger charge is -2.34. The smallest absolute Gasteiger partial charge is 0.345 e. The van der Waals surface area contributed by atoms with E-state index in [4.69, 9.17) is 0 Å². The van der Waals surface area contributed by atoms with E-state index in [2.05, 4.69) is 15.3 Å². The molecular weight excluding hydrogens is 492 g/mol. The zero-order valence-corrected chi connectivity index (χ0v) is 17.6. The Morgan fingerprint density at radius 1 is 0.971 bits per heavy atom. The number of nitrogens with one attached hydrogen (secondary N) is 2. The van der Waals surface area contributed by atoms with Gasteiger partial charge in [-0.05, 0) is 0 Å². The van der Waals surface area contributed by atoms with Gasteiger partial charge in [0.1, 0.15) is 12.1 Å². The predicted octanol–water partition coefficient (Wildman–Crippen LogP) is -0.171. The van der Waals surface area contributed by atoms with Crippen LogP contribution in [0.1, 0.15) is 11.1 Å². The number of rotatable bonds is 5. The fourth-order valence-electron chi connectivity index (χ4n) is 3.11. The fourth-order valence-corrected chi connectivity index (χ4v) is 3.11. The molecule has 3 heterocycles. The van der Waals surface area contributed by atoms with E-state index in [1.54, 1.807) is 4.90 Å². The summed E-state index contributed by atoms with van der Waals surface area (Å²) in [5.41, 5.74) is -5.53. The first-order chi connectivity index (χ1) is 16.3. The Balaban J connectivity index is 1.51. The molecule has 0 unspecified atom stereocenters. The number of piperazine rings is 1. The summed E-state index contributed by atoms with van der Waals surface area (Å²) in [6.45, 7) is -0.679. The lowest BCUT2D eigenvalue weighted by atomic mass is 10.3. The zero-order chi connectivity index (χ0) is 26.0. The van der Waals surface area contributed by atoms with Gasteiger partial charge in [0.05, 0.1) is 12.1 Å². The van der Waals surface area contributed by atoms with E-state index >= 15 is 0 Å². The molecule has 0 bridgehead atoms. The summed E-state index contributed by atoms with van der Waals surface area (Å²) >= 11 is 0. The summed E-state index contributed by atoms with van der Waals surface area (Å²) in [5, 5.41) is 2.18. The number of halogens is 6. The van der Waals surface area contributed by atoms with Gasteiger partial charge in [-0.25, -0.2) is 14.8 Å². The molecule has 2 N–H and O–H groups in total. The third kappa shape index (κ3) is 6.36. The van der Waals surface area contributed by atoms with Crippen molar-refractivity contribution in [2.24, 2.45) is 0 Å². The zero-order valence-electron chi connectivity index (χ0n) is 17.6. The standard InChI is InChI=1S/C18H17F6N7O4/c19-17(20,21)10-5-26-15(27-6-10)30-3-1-29(2-4-30)13(33)7-25-12(32)9-31-8-11(18(22,23)24)14(34)28-16(31)35/h5-6,8H,1-4,7,9H2,(H,25,32)(H,28,34,35). The maximum atomic E-state index is 12.8. The number of H-pyrrole nitrogens is 1. The summed E-state index contributed by atoms with van der Waals surface area (Å²) in [5.74, 6) is -1.42. The van der Waals surface area contributed by atoms with Crippen molar-refractivity contribution in [2.75, 3.05) is 37.6 Å². The van der Waals surface area contributed by atoms with Crippen LogP contribution in [0.15, 0.2) is 28.2 Å². The molecule has 0 aromatic carbocycles. The van der Waals surface area contributed by atoms with Gasteiger partial charge in [0, 0.05) is 44.8 Å². The Labute approximate surface area is 191 Å². The first-order valence-electron chi connectivity index (χ1n) is 9.85. The molecule has 0 spiro atoms. The Hall–Kier alpha value is -3.92. The highest BCUT2D eigenvalue weighted by Crippen LogP contribution is 2.28. The maximum absolute atomic E-state index is 12.8. The van der Waals surface area contributed by atoms with Gasteiger partial charge in [0.25, 0.3) is 5.56 Å². The van der Waals surface area contributed by atoms with Crippen molar-refractivity contribution in [3.05, 3.63) is 50.6 Å².